The van der Waals surface area contributed by atoms with Gasteiger partial charge in [0.15, 0.2) is 0 Å². The summed E-state index contributed by atoms with van der Waals surface area (Å²) in [5.41, 5.74) is 2.06. The molecule has 112 valence electrons. The number of nitrogens with one attached hydrogen (secondary N) is 3. The summed E-state index contributed by atoms with van der Waals surface area (Å²) in [6, 6.07) is 8.74. The van der Waals surface area contributed by atoms with Crippen LogP contribution in [0.5, 0.6) is 0 Å². The highest BCUT2D eigenvalue weighted by Crippen LogP contribution is 2.28. The third kappa shape index (κ3) is 2.66. The van der Waals surface area contributed by atoms with Crippen molar-refractivity contribution in [2.75, 3.05) is 10.6 Å². The average molecular weight is 358 g/mol. The van der Waals surface area contributed by atoms with E-state index in [1.807, 2.05) is 12.3 Å². The van der Waals surface area contributed by atoms with Crippen molar-refractivity contribution >= 4 is 44.3 Å². The molecule has 0 saturated heterocycles. The van der Waals surface area contributed by atoms with Gasteiger partial charge in [-0.25, -0.2) is 4.98 Å². The normalized spacial score (nSPS) is 14.8. The number of hydrogen-bond acceptors (Lipinski definition) is 4. The zero-order valence-corrected chi connectivity index (χ0v) is 13.5. The van der Waals surface area contributed by atoms with Crippen LogP contribution < -0.4 is 10.6 Å². The molecule has 1 aromatic carbocycles. The Balaban J connectivity index is 1.57. The molecule has 3 aromatic rings. The molecular formula is C16H16BrN5. The molecular weight excluding hydrogens is 342 g/mol. The van der Waals surface area contributed by atoms with E-state index in [1.165, 1.54) is 24.6 Å². The topological polar surface area (TPSA) is 65.6 Å². The van der Waals surface area contributed by atoms with Crippen LogP contribution in [0.25, 0.3) is 10.9 Å². The summed E-state index contributed by atoms with van der Waals surface area (Å²) in [4.78, 5) is 12.1. The summed E-state index contributed by atoms with van der Waals surface area (Å²) in [5, 5.41) is 7.90. The van der Waals surface area contributed by atoms with E-state index in [9.17, 15) is 0 Å². The highest BCUT2D eigenvalue weighted by atomic mass is 79.9. The molecule has 0 amide bonds. The largest absolute Gasteiger partial charge is 0.366 e. The van der Waals surface area contributed by atoms with Crippen molar-refractivity contribution in [3.05, 3.63) is 41.1 Å². The van der Waals surface area contributed by atoms with Gasteiger partial charge in [0.05, 0.1) is 4.47 Å². The van der Waals surface area contributed by atoms with Gasteiger partial charge in [0, 0.05) is 29.6 Å². The molecule has 3 N–H and O–H groups in total. The van der Waals surface area contributed by atoms with E-state index in [0.29, 0.717) is 12.0 Å². The fourth-order valence-electron chi connectivity index (χ4n) is 2.53. The molecule has 2 aromatic heterocycles. The quantitative estimate of drug-likeness (QED) is 0.646. The second-order valence-corrected chi connectivity index (χ2v) is 6.42. The number of fused-ring (bicyclic) bond motifs is 1. The van der Waals surface area contributed by atoms with E-state index in [2.05, 4.69) is 59.7 Å². The molecule has 0 aliphatic heterocycles. The van der Waals surface area contributed by atoms with Crippen molar-refractivity contribution in [1.82, 2.24) is 15.0 Å². The first-order valence-corrected chi connectivity index (χ1v) is 8.20. The first kappa shape index (κ1) is 13.6. The molecule has 0 unspecified atom stereocenters. The lowest BCUT2D eigenvalue weighted by molar-refractivity contribution is 0.444. The van der Waals surface area contributed by atoms with Gasteiger partial charge >= 0.3 is 0 Å². The SMILES string of the molecule is Brc1cnc(Nc2ccc3cc[nH]c3c2)nc1NC1CCC1. The number of aromatic nitrogens is 3. The fraction of sp³-hybridized carbons (Fsp3) is 0.250. The lowest BCUT2D eigenvalue weighted by Crippen LogP contribution is -2.27. The standard InChI is InChI=1S/C16H16BrN5/c17-13-9-19-16(22-15(13)20-11-2-1-3-11)21-12-5-4-10-6-7-18-14(10)8-12/h4-9,11,18H,1-3H2,(H2,19,20,21,22). The molecule has 1 aliphatic carbocycles. The third-order valence-corrected chi connectivity index (χ3v) is 4.58. The lowest BCUT2D eigenvalue weighted by atomic mass is 9.93. The van der Waals surface area contributed by atoms with E-state index in [1.54, 1.807) is 6.20 Å². The van der Waals surface area contributed by atoms with Crippen LogP contribution >= 0.6 is 15.9 Å². The minimum atomic E-state index is 0.536. The number of anilines is 3. The fourth-order valence-corrected chi connectivity index (χ4v) is 2.83. The van der Waals surface area contributed by atoms with Crippen molar-refractivity contribution < 1.29 is 0 Å². The maximum atomic E-state index is 4.57. The van der Waals surface area contributed by atoms with Crippen LogP contribution in [-0.4, -0.2) is 21.0 Å². The number of aromatic amines is 1. The summed E-state index contributed by atoms with van der Waals surface area (Å²) in [7, 11) is 0. The summed E-state index contributed by atoms with van der Waals surface area (Å²) in [6.45, 7) is 0. The Morgan fingerprint density at radius 3 is 2.95 bits per heavy atom. The van der Waals surface area contributed by atoms with E-state index in [-0.39, 0.29) is 0 Å². The van der Waals surface area contributed by atoms with Gasteiger partial charge in [-0.2, -0.15) is 4.98 Å². The molecule has 1 fully saturated rings. The molecule has 0 spiro atoms. The number of hydrogen-bond donors (Lipinski definition) is 3. The van der Waals surface area contributed by atoms with Gasteiger partial charge in [-0.15, -0.1) is 0 Å². The smallest absolute Gasteiger partial charge is 0.229 e. The Morgan fingerprint density at radius 2 is 2.14 bits per heavy atom. The van der Waals surface area contributed by atoms with Crippen molar-refractivity contribution in [2.45, 2.75) is 25.3 Å². The number of rotatable bonds is 4. The Bertz CT molecular complexity index is 809. The number of benzene rings is 1. The van der Waals surface area contributed by atoms with E-state index < -0.39 is 0 Å². The van der Waals surface area contributed by atoms with Gasteiger partial charge in [-0.1, -0.05) is 6.07 Å². The Hall–Kier alpha value is -2.08. The molecule has 0 atom stereocenters. The third-order valence-electron chi connectivity index (χ3n) is 4.00. The Labute approximate surface area is 136 Å². The second kappa shape index (κ2) is 5.61. The predicted molar refractivity (Wildman–Crippen MR) is 92.6 cm³/mol. The van der Waals surface area contributed by atoms with E-state index in [0.717, 1.165) is 21.5 Å². The highest BCUT2D eigenvalue weighted by molar-refractivity contribution is 9.10. The molecule has 5 nitrogen and oxygen atoms in total. The number of H-pyrrole nitrogens is 1. The van der Waals surface area contributed by atoms with Crippen LogP contribution in [-0.2, 0) is 0 Å². The zero-order chi connectivity index (χ0) is 14.9. The van der Waals surface area contributed by atoms with Gasteiger partial charge in [0.1, 0.15) is 5.82 Å². The zero-order valence-electron chi connectivity index (χ0n) is 11.9. The monoisotopic (exact) mass is 357 g/mol. The van der Waals surface area contributed by atoms with Crippen LogP contribution in [0.15, 0.2) is 41.1 Å². The molecule has 6 heteroatoms. The van der Waals surface area contributed by atoms with E-state index >= 15 is 0 Å². The van der Waals surface area contributed by atoms with Crippen LogP contribution in [0.4, 0.5) is 17.5 Å². The van der Waals surface area contributed by atoms with Crippen molar-refractivity contribution in [2.24, 2.45) is 0 Å². The molecule has 1 saturated carbocycles. The van der Waals surface area contributed by atoms with Crippen LogP contribution in [0.2, 0.25) is 0 Å². The van der Waals surface area contributed by atoms with Gasteiger partial charge in [-0.05, 0) is 58.8 Å². The first-order valence-electron chi connectivity index (χ1n) is 7.41. The van der Waals surface area contributed by atoms with Gasteiger partial charge in [-0.3, -0.25) is 0 Å². The summed E-state index contributed by atoms with van der Waals surface area (Å²) >= 11 is 3.50. The first-order chi connectivity index (χ1) is 10.8. The molecule has 22 heavy (non-hydrogen) atoms. The Morgan fingerprint density at radius 1 is 1.23 bits per heavy atom. The minimum Gasteiger partial charge on any atom is -0.366 e. The van der Waals surface area contributed by atoms with Gasteiger partial charge < -0.3 is 15.6 Å². The summed E-state index contributed by atoms with van der Waals surface area (Å²) < 4.78 is 0.893. The molecule has 1 aliphatic rings. The van der Waals surface area contributed by atoms with Gasteiger partial charge in [0.25, 0.3) is 0 Å². The highest BCUT2D eigenvalue weighted by Gasteiger charge is 2.19. The number of nitrogens with zero attached hydrogens (tertiary/aromatic N) is 2. The summed E-state index contributed by atoms with van der Waals surface area (Å²) in [6.07, 6.45) is 7.43. The molecule has 4 rings (SSSR count). The van der Waals surface area contributed by atoms with E-state index in [4.69, 9.17) is 0 Å². The van der Waals surface area contributed by atoms with Crippen LogP contribution in [0.3, 0.4) is 0 Å². The van der Waals surface area contributed by atoms with Crippen LogP contribution in [0.1, 0.15) is 19.3 Å². The minimum absolute atomic E-state index is 0.536. The van der Waals surface area contributed by atoms with Crippen molar-refractivity contribution in [3.63, 3.8) is 0 Å². The van der Waals surface area contributed by atoms with Crippen molar-refractivity contribution in [1.29, 1.82) is 0 Å². The molecule has 0 bridgehead atoms. The lowest BCUT2D eigenvalue weighted by Gasteiger charge is -2.27. The van der Waals surface area contributed by atoms with Crippen molar-refractivity contribution in [3.8, 4) is 0 Å². The molecule has 0 radical (unpaired) electrons. The maximum Gasteiger partial charge on any atom is 0.229 e. The van der Waals surface area contributed by atoms with Gasteiger partial charge in [0.2, 0.25) is 5.95 Å². The second-order valence-electron chi connectivity index (χ2n) is 5.57. The van der Waals surface area contributed by atoms with Crippen LogP contribution in [0, 0.1) is 0 Å². The number of halogens is 1. The summed E-state index contributed by atoms with van der Waals surface area (Å²) in [5.74, 6) is 1.44. The predicted octanol–water partition coefficient (Wildman–Crippen LogP) is 4.43. The molecule has 2 heterocycles. The maximum absolute atomic E-state index is 4.57. The Kier molecular flexibility index (Phi) is 3.46. The average Bonchev–Trinajstić information content (AvgIpc) is 2.93.